The van der Waals surface area contributed by atoms with E-state index >= 15 is 0 Å². The number of carbonyl (C=O) groups excluding carboxylic acids is 1. The Morgan fingerprint density at radius 3 is 2.21 bits per heavy atom. The van der Waals surface area contributed by atoms with Gasteiger partial charge < -0.3 is 21.5 Å². The van der Waals surface area contributed by atoms with Crippen LogP contribution in [0.3, 0.4) is 0 Å². The Hall–Kier alpha value is -4.30. The summed E-state index contributed by atoms with van der Waals surface area (Å²) < 4.78 is 0. The molecule has 4 rings (SSSR count). The van der Waals surface area contributed by atoms with Crippen LogP contribution >= 0.6 is 11.8 Å². The molecule has 0 aliphatic rings. The highest BCUT2D eigenvalue weighted by molar-refractivity contribution is 7.99. The minimum atomic E-state index is -0.301. The van der Waals surface area contributed by atoms with Gasteiger partial charge in [0.05, 0.1) is 5.69 Å². The number of phenols is 1. The normalized spacial score (nSPS) is 11.0. The number of nitrogen functional groups attached to an aromatic ring is 1. The molecule has 4 aromatic rings. The number of aromatic hydroxyl groups is 1. The molecule has 0 aliphatic carbocycles. The number of carbonyl (C=O) groups is 1. The van der Waals surface area contributed by atoms with Crippen molar-refractivity contribution in [1.82, 2.24) is 0 Å². The molecular formula is C30H31N5O2S. The van der Waals surface area contributed by atoms with Gasteiger partial charge in [0, 0.05) is 21.2 Å². The van der Waals surface area contributed by atoms with E-state index in [2.05, 4.69) is 27.8 Å². The first kappa shape index (κ1) is 26.8. The van der Waals surface area contributed by atoms with Crippen molar-refractivity contribution in [1.29, 1.82) is 0 Å². The molecule has 5 N–H and O–H groups in total. The smallest absolute Gasteiger partial charge is 0.323 e. The summed E-state index contributed by atoms with van der Waals surface area (Å²) in [6, 6.07) is 25.9. The lowest BCUT2D eigenvalue weighted by Gasteiger charge is -2.09. The number of para-hydroxylation sites is 1. The number of rotatable bonds is 9. The summed E-state index contributed by atoms with van der Waals surface area (Å²) in [7, 11) is 0. The maximum atomic E-state index is 12.2. The number of amides is 2. The summed E-state index contributed by atoms with van der Waals surface area (Å²) >= 11 is 1.55. The van der Waals surface area contributed by atoms with Gasteiger partial charge in [0.25, 0.3) is 0 Å². The summed E-state index contributed by atoms with van der Waals surface area (Å²) in [5.74, 6) is 0.175. The van der Waals surface area contributed by atoms with Crippen molar-refractivity contribution >= 4 is 46.2 Å². The summed E-state index contributed by atoms with van der Waals surface area (Å²) in [5.41, 5.74) is 11.1. The van der Waals surface area contributed by atoms with E-state index < -0.39 is 0 Å². The lowest BCUT2D eigenvalue weighted by Crippen LogP contribution is -2.19. The molecule has 7 nitrogen and oxygen atoms in total. The molecule has 0 aliphatic heterocycles. The molecule has 0 aromatic heterocycles. The summed E-state index contributed by atoms with van der Waals surface area (Å²) in [6.45, 7) is 4.11. The van der Waals surface area contributed by atoms with E-state index in [0.29, 0.717) is 22.7 Å². The van der Waals surface area contributed by atoms with Crippen LogP contribution in [0, 0.1) is 6.92 Å². The molecule has 0 fully saturated rings. The lowest BCUT2D eigenvalue weighted by atomic mass is 10.0. The molecule has 0 saturated heterocycles. The van der Waals surface area contributed by atoms with Crippen LogP contribution in [0.15, 0.2) is 105 Å². The Morgan fingerprint density at radius 1 is 0.868 bits per heavy atom. The number of benzene rings is 4. The number of nitrogens with two attached hydrogens (primary N) is 1. The number of urea groups is 1. The van der Waals surface area contributed by atoms with Crippen molar-refractivity contribution in [2.24, 2.45) is 10.2 Å². The monoisotopic (exact) mass is 525 g/mol. The van der Waals surface area contributed by atoms with Gasteiger partial charge in [0.2, 0.25) is 0 Å². The van der Waals surface area contributed by atoms with Crippen molar-refractivity contribution in [2.45, 2.75) is 42.9 Å². The first-order valence-electron chi connectivity index (χ1n) is 12.5. The molecule has 0 spiro atoms. The highest BCUT2D eigenvalue weighted by atomic mass is 32.2. The molecule has 38 heavy (non-hydrogen) atoms. The fraction of sp³-hybridized carbons (Fsp3) is 0.167. The third-order valence-electron chi connectivity index (χ3n) is 5.76. The van der Waals surface area contributed by atoms with E-state index in [0.717, 1.165) is 45.9 Å². The number of unbranched alkanes of at least 4 members (excludes halogenated alkanes) is 1. The van der Waals surface area contributed by atoms with Crippen LogP contribution in [0.2, 0.25) is 0 Å². The fourth-order valence-corrected chi connectivity index (χ4v) is 4.69. The quantitative estimate of drug-likeness (QED) is 0.129. The van der Waals surface area contributed by atoms with Crippen molar-refractivity contribution in [2.75, 3.05) is 16.4 Å². The molecule has 0 atom stereocenters. The number of hydrogen-bond acceptors (Lipinski definition) is 6. The SMILES string of the molecule is CCCCc1cc(C)cc(N=Nc2ccc(Sc3ccc(NC(=O)Nc4ccccc4)cc3)cc2N)c1O. The minimum absolute atomic E-state index is 0.175. The van der Waals surface area contributed by atoms with Gasteiger partial charge in [-0.3, -0.25) is 0 Å². The predicted molar refractivity (Wildman–Crippen MR) is 156 cm³/mol. The molecule has 194 valence electrons. The number of aryl methyl sites for hydroxylation is 2. The van der Waals surface area contributed by atoms with Gasteiger partial charge in [-0.05, 0) is 91.6 Å². The van der Waals surface area contributed by atoms with Crippen LogP contribution in [0.4, 0.5) is 33.2 Å². The zero-order chi connectivity index (χ0) is 26.9. The molecule has 0 radical (unpaired) electrons. The summed E-state index contributed by atoms with van der Waals surface area (Å²) in [5, 5.41) is 24.8. The molecule has 8 heteroatoms. The van der Waals surface area contributed by atoms with Crippen LogP contribution in [0.1, 0.15) is 30.9 Å². The van der Waals surface area contributed by atoms with Gasteiger partial charge in [0.1, 0.15) is 17.1 Å². The molecule has 0 bridgehead atoms. The molecule has 0 unspecified atom stereocenters. The minimum Gasteiger partial charge on any atom is -0.505 e. The second-order valence-corrected chi connectivity index (χ2v) is 10.0. The highest BCUT2D eigenvalue weighted by Gasteiger charge is 2.09. The van der Waals surface area contributed by atoms with Crippen LogP contribution in [0.5, 0.6) is 5.75 Å². The Morgan fingerprint density at radius 2 is 1.53 bits per heavy atom. The van der Waals surface area contributed by atoms with Gasteiger partial charge in [-0.1, -0.05) is 49.4 Å². The largest absolute Gasteiger partial charge is 0.505 e. The van der Waals surface area contributed by atoms with Crippen molar-refractivity contribution < 1.29 is 9.90 Å². The third-order valence-corrected chi connectivity index (χ3v) is 6.75. The van der Waals surface area contributed by atoms with Crippen LogP contribution in [-0.2, 0) is 6.42 Å². The lowest BCUT2D eigenvalue weighted by molar-refractivity contribution is 0.262. The van der Waals surface area contributed by atoms with Crippen LogP contribution in [-0.4, -0.2) is 11.1 Å². The van der Waals surface area contributed by atoms with E-state index in [1.165, 1.54) is 0 Å². The molecular weight excluding hydrogens is 494 g/mol. The van der Waals surface area contributed by atoms with Crippen LogP contribution < -0.4 is 16.4 Å². The number of anilines is 3. The molecule has 4 aromatic carbocycles. The van der Waals surface area contributed by atoms with E-state index in [9.17, 15) is 9.90 Å². The number of nitrogens with zero attached hydrogens (tertiary/aromatic N) is 2. The zero-order valence-electron chi connectivity index (χ0n) is 21.4. The van der Waals surface area contributed by atoms with Gasteiger partial charge in [-0.25, -0.2) is 4.79 Å². The van der Waals surface area contributed by atoms with Crippen LogP contribution in [0.25, 0.3) is 0 Å². The standard InChI is InChI=1S/C30H31N5O2S/c1-3-4-8-21-17-20(2)18-28(29(21)36)35-34-27-16-15-25(19-26(27)31)38-24-13-11-23(12-14-24)33-30(37)32-22-9-6-5-7-10-22/h5-7,9-19,36H,3-4,8,31H2,1-2H3,(H2,32,33,37). The van der Waals surface area contributed by atoms with Crippen molar-refractivity contribution in [3.05, 3.63) is 96.1 Å². The predicted octanol–water partition coefficient (Wildman–Crippen LogP) is 8.84. The molecule has 0 heterocycles. The molecule has 0 saturated carbocycles. The van der Waals surface area contributed by atoms with Crippen molar-refractivity contribution in [3.8, 4) is 5.75 Å². The van der Waals surface area contributed by atoms with Gasteiger partial charge in [-0.15, -0.1) is 10.2 Å². The third kappa shape index (κ3) is 7.36. The van der Waals surface area contributed by atoms with Gasteiger partial charge in [-0.2, -0.15) is 0 Å². The number of hydrogen-bond donors (Lipinski definition) is 4. The maximum absolute atomic E-state index is 12.2. The van der Waals surface area contributed by atoms with E-state index in [-0.39, 0.29) is 11.8 Å². The van der Waals surface area contributed by atoms with Crippen molar-refractivity contribution in [3.63, 3.8) is 0 Å². The topological polar surface area (TPSA) is 112 Å². The van der Waals surface area contributed by atoms with E-state index in [4.69, 9.17) is 5.73 Å². The first-order valence-corrected chi connectivity index (χ1v) is 13.3. The number of phenolic OH excluding ortho intramolecular Hbond substituents is 1. The van der Waals surface area contributed by atoms with Gasteiger partial charge in [0.15, 0.2) is 0 Å². The summed E-state index contributed by atoms with van der Waals surface area (Å²) in [4.78, 5) is 14.1. The second-order valence-electron chi connectivity index (χ2n) is 8.89. The van der Waals surface area contributed by atoms with E-state index in [1.807, 2.05) is 91.9 Å². The first-order chi connectivity index (χ1) is 18.4. The average Bonchev–Trinajstić information content (AvgIpc) is 2.90. The highest BCUT2D eigenvalue weighted by Crippen LogP contribution is 2.37. The average molecular weight is 526 g/mol. The Kier molecular flexibility index (Phi) is 9.00. The van der Waals surface area contributed by atoms with Gasteiger partial charge >= 0.3 is 6.03 Å². The zero-order valence-corrected chi connectivity index (χ0v) is 22.3. The number of nitrogens with one attached hydrogen (secondary N) is 2. The van der Waals surface area contributed by atoms with E-state index in [1.54, 1.807) is 11.8 Å². The Bertz CT molecular complexity index is 1420. The summed E-state index contributed by atoms with van der Waals surface area (Å²) in [6.07, 6.45) is 2.86. The Labute approximate surface area is 227 Å². The maximum Gasteiger partial charge on any atom is 0.323 e. The second kappa shape index (κ2) is 12.8. The fourth-order valence-electron chi connectivity index (χ4n) is 3.82. The molecule has 2 amide bonds. The number of azo groups is 1. The Balaban J connectivity index is 1.38.